The number of aromatic nitrogens is 1. The van der Waals surface area contributed by atoms with Crippen LogP contribution in [0, 0.1) is 5.92 Å². The molecular formula is C26H33F3N4O3. The van der Waals surface area contributed by atoms with Crippen LogP contribution < -0.4 is 16.2 Å². The molecule has 2 aromatic rings. The standard InChI is InChI=1S/C26H33F3N4O3/c1-17(2)32(3)21-10-11-22(19(14-21)16-33-12-5-4-9-24(33)35)31-23(34)15-30-25(36)18-7-6-8-20(13-18)26(27,28)29/h4-9,12-13,17,19,21-22H,10-11,14-16H2,1-3H3,(H,30,36)(H,31,34)/t19-,21+,22-/m0/s1. The third-order valence-electron chi connectivity index (χ3n) is 6.88. The SMILES string of the molecule is CC(C)N(C)[C@@H]1CC[C@H](NC(=O)CNC(=O)c2cccc(C(F)(F)F)c2)[C@H](Cn2ccccc2=O)C1. The van der Waals surface area contributed by atoms with Gasteiger partial charge in [0.05, 0.1) is 12.1 Å². The molecule has 1 fully saturated rings. The Bertz CT molecular complexity index is 1120. The molecule has 0 saturated heterocycles. The Labute approximate surface area is 208 Å². The number of carbonyl (C=O) groups excluding carboxylic acids is 2. The first-order valence-corrected chi connectivity index (χ1v) is 12.1. The van der Waals surface area contributed by atoms with E-state index in [0.29, 0.717) is 25.0 Å². The lowest BCUT2D eigenvalue weighted by Crippen LogP contribution is -2.52. The van der Waals surface area contributed by atoms with Crippen LogP contribution in [0.5, 0.6) is 0 Å². The highest BCUT2D eigenvalue weighted by atomic mass is 19.4. The smallest absolute Gasteiger partial charge is 0.351 e. The van der Waals surface area contributed by atoms with Gasteiger partial charge in [-0.1, -0.05) is 12.1 Å². The topological polar surface area (TPSA) is 83.4 Å². The Kier molecular flexibility index (Phi) is 8.94. The van der Waals surface area contributed by atoms with Gasteiger partial charge in [-0.05, 0) is 70.3 Å². The first-order valence-electron chi connectivity index (χ1n) is 12.1. The summed E-state index contributed by atoms with van der Waals surface area (Å²) in [5.74, 6) is -1.19. The molecule has 0 unspecified atom stereocenters. The van der Waals surface area contributed by atoms with Gasteiger partial charge >= 0.3 is 6.18 Å². The van der Waals surface area contributed by atoms with Gasteiger partial charge in [0.15, 0.2) is 0 Å². The number of carbonyl (C=O) groups is 2. The molecule has 196 valence electrons. The minimum absolute atomic E-state index is 0.00633. The van der Waals surface area contributed by atoms with Crippen LogP contribution in [0.2, 0.25) is 0 Å². The van der Waals surface area contributed by atoms with Crippen LogP contribution >= 0.6 is 0 Å². The Morgan fingerprint density at radius 3 is 2.56 bits per heavy atom. The van der Waals surface area contributed by atoms with Gasteiger partial charge in [-0.25, -0.2) is 0 Å². The molecule has 1 heterocycles. The van der Waals surface area contributed by atoms with E-state index in [0.717, 1.165) is 31.0 Å². The predicted octanol–water partition coefficient (Wildman–Crippen LogP) is 3.29. The van der Waals surface area contributed by atoms with Crippen molar-refractivity contribution in [2.75, 3.05) is 13.6 Å². The fourth-order valence-corrected chi connectivity index (χ4v) is 4.64. The lowest BCUT2D eigenvalue weighted by atomic mass is 9.80. The van der Waals surface area contributed by atoms with E-state index in [2.05, 4.69) is 36.4 Å². The summed E-state index contributed by atoms with van der Waals surface area (Å²) in [6.07, 6.45) is -0.465. The summed E-state index contributed by atoms with van der Waals surface area (Å²) in [4.78, 5) is 39.6. The molecule has 7 nitrogen and oxygen atoms in total. The molecule has 10 heteroatoms. The van der Waals surface area contributed by atoms with Gasteiger partial charge in [-0.15, -0.1) is 0 Å². The number of rotatable bonds is 8. The Balaban J connectivity index is 1.64. The number of halogens is 3. The number of alkyl halides is 3. The molecule has 0 radical (unpaired) electrons. The molecule has 2 N–H and O–H groups in total. The number of nitrogens with zero attached hydrogens (tertiary/aromatic N) is 2. The number of pyridine rings is 1. The Hall–Kier alpha value is -3.14. The van der Waals surface area contributed by atoms with Crippen molar-refractivity contribution in [1.82, 2.24) is 20.1 Å². The second kappa shape index (κ2) is 11.7. The van der Waals surface area contributed by atoms with Crippen molar-refractivity contribution in [1.29, 1.82) is 0 Å². The Morgan fingerprint density at radius 2 is 1.89 bits per heavy atom. The number of amides is 2. The summed E-state index contributed by atoms with van der Waals surface area (Å²) in [6.45, 7) is 4.33. The van der Waals surface area contributed by atoms with Gasteiger partial charge in [-0.3, -0.25) is 14.4 Å². The monoisotopic (exact) mass is 506 g/mol. The van der Waals surface area contributed by atoms with E-state index < -0.39 is 23.6 Å². The summed E-state index contributed by atoms with van der Waals surface area (Å²) >= 11 is 0. The summed E-state index contributed by atoms with van der Waals surface area (Å²) < 4.78 is 40.4. The molecule has 1 saturated carbocycles. The molecule has 1 aliphatic carbocycles. The molecule has 1 aromatic carbocycles. The quantitative estimate of drug-likeness (QED) is 0.576. The fraction of sp³-hybridized carbons (Fsp3) is 0.500. The second-order valence-electron chi connectivity index (χ2n) is 9.61. The zero-order chi connectivity index (χ0) is 26.5. The van der Waals surface area contributed by atoms with Crippen LogP contribution in [0.15, 0.2) is 53.5 Å². The maximum absolute atomic E-state index is 12.9. The van der Waals surface area contributed by atoms with E-state index in [1.165, 1.54) is 12.1 Å². The molecule has 36 heavy (non-hydrogen) atoms. The minimum atomic E-state index is -4.56. The van der Waals surface area contributed by atoms with Gasteiger partial charge < -0.3 is 20.1 Å². The Morgan fingerprint density at radius 1 is 1.14 bits per heavy atom. The number of hydrogen-bond donors (Lipinski definition) is 2. The van der Waals surface area contributed by atoms with E-state index in [1.54, 1.807) is 22.9 Å². The zero-order valence-electron chi connectivity index (χ0n) is 20.7. The minimum Gasteiger partial charge on any atom is -0.351 e. The highest BCUT2D eigenvalue weighted by Gasteiger charge is 2.34. The van der Waals surface area contributed by atoms with Crippen LogP contribution in [-0.4, -0.2) is 53.0 Å². The molecule has 3 rings (SSSR count). The second-order valence-corrected chi connectivity index (χ2v) is 9.61. The highest BCUT2D eigenvalue weighted by molar-refractivity contribution is 5.96. The van der Waals surface area contributed by atoms with E-state index in [4.69, 9.17) is 0 Å². The van der Waals surface area contributed by atoms with Crippen LogP contribution in [-0.2, 0) is 17.5 Å². The van der Waals surface area contributed by atoms with Crippen molar-refractivity contribution in [2.24, 2.45) is 5.92 Å². The van der Waals surface area contributed by atoms with Crippen LogP contribution in [0.4, 0.5) is 13.2 Å². The summed E-state index contributed by atoms with van der Waals surface area (Å²) in [6, 6.07) is 9.49. The zero-order valence-corrected chi connectivity index (χ0v) is 20.7. The van der Waals surface area contributed by atoms with Gasteiger partial charge in [-0.2, -0.15) is 13.2 Å². The molecule has 1 aliphatic rings. The lowest BCUT2D eigenvalue weighted by molar-refractivity contribution is -0.137. The molecule has 2 amide bonds. The number of hydrogen-bond acceptors (Lipinski definition) is 4. The first-order chi connectivity index (χ1) is 17.0. The van der Waals surface area contributed by atoms with Gasteiger partial charge in [0, 0.05) is 42.5 Å². The highest BCUT2D eigenvalue weighted by Crippen LogP contribution is 2.30. The largest absolute Gasteiger partial charge is 0.416 e. The maximum Gasteiger partial charge on any atom is 0.416 e. The van der Waals surface area contributed by atoms with E-state index >= 15 is 0 Å². The van der Waals surface area contributed by atoms with Crippen molar-refractivity contribution >= 4 is 11.8 Å². The molecule has 0 aliphatic heterocycles. The van der Waals surface area contributed by atoms with Crippen molar-refractivity contribution in [2.45, 2.75) is 64.0 Å². The van der Waals surface area contributed by atoms with Gasteiger partial charge in [0.1, 0.15) is 0 Å². The molecular weight excluding hydrogens is 473 g/mol. The number of benzene rings is 1. The molecule has 3 atom stereocenters. The molecule has 0 spiro atoms. The molecule has 1 aromatic heterocycles. The average molecular weight is 507 g/mol. The predicted molar refractivity (Wildman–Crippen MR) is 130 cm³/mol. The maximum atomic E-state index is 12.9. The van der Waals surface area contributed by atoms with Crippen molar-refractivity contribution in [3.8, 4) is 0 Å². The lowest BCUT2D eigenvalue weighted by Gasteiger charge is -2.42. The summed E-state index contributed by atoms with van der Waals surface area (Å²) in [7, 11) is 2.07. The third kappa shape index (κ3) is 7.19. The normalized spacial score (nSPS) is 20.4. The third-order valence-corrected chi connectivity index (χ3v) is 6.88. The average Bonchev–Trinajstić information content (AvgIpc) is 2.84. The summed E-state index contributed by atoms with van der Waals surface area (Å²) in [5.41, 5.74) is -1.21. The van der Waals surface area contributed by atoms with Gasteiger partial charge in [0.25, 0.3) is 11.5 Å². The number of nitrogens with one attached hydrogen (secondary N) is 2. The summed E-state index contributed by atoms with van der Waals surface area (Å²) in [5, 5.41) is 5.37. The first kappa shape index (κ1) is 27.4. The van der Waals surface area contributed by atoms with Crippen molar-refractivity contribution in [3.63, 3.8) is 0 Å². The van der Waals surface area contributed by atoms with E-state index in [1.807, 2.05) is 0 Å². The van der Waals surface area contributed by atoms with E-state index in [9.17, 15) is 27.6 Å². The van der Waals surface area contributed by atoms with Crippen LogP contribution in [0.3, 0.4) is 0 Å². The fourth-order valence-electron chi connectivity index (χ4n) is 4.64. The van der Waals surface area contributed by atoms with Crippen molar-refractivity contribution in [3.05, 3.63) is 70.1 Å². The van der Waals surface area contributed by atoms with Crippen molar-refractivity contribution < 1.29 is 22.8 Å². The van der Waals surface area contributed by atoms with E-state index in [-0.39, 0.29) is 29.6 Å². The van der Waals surface area contributed by atoms with Crippen LogP contribution in [0.1, 0.15) is 49.0 Å². The van der Waals surface area contributed by atoms with Gasteiger partial charge in [0.2, 0.25) is 5.91 Å². The molecule has 0 bridgehead atoms. The van der Waals surface area contributed by atoms with Crippen LogP contribution in [0.25, 0.3) is 0 Å².